The summed E-state index contributed by atoms with van der Waals surface area (Å²) in [7, 11) is 0. The molecule has 1 heterocycles. The largest absolute Gasteiger partial charge is 0.306 e. The minimum atomic E-state index is -0.439. The van der Waals surface area contributed by atoms with Crippen molar-refractivity contribution in [1.29, 1.82) is 0 Å². The predicted octanol–water partition coefficient (Wildman–Crippen LogP) is 1.86. The summed E-state index contributed by atoms with van der Waals surface area (Å²) in [5.74, 6) is 0.634. The molecule has 2 aromatic carbocycles. The molecule has 3 aromatic rings. The molecule has 0 radical (unpaired) electrons. The number of aromatic nitrogens is 4. The number of nitrogens with zero attached hydrogens (tertiary/aromatic N) is 5. The minimum absolute atomic E-state index is 0.0329. The van der Waals surface area contributed by atoms with Crippen LogP contribution in [-0.4, -0.2) is 25.1 Å². The van der Waals surface area contributed by atoms with Crippen molar-refractivity contribution in [2.75, 3.05) is 0 Å². The van der Waals surface area contributed by atoms with Gasteiger partial charge in [0.2, 0.25) is 0 Å². The molecule has 1 N–H and O–H groups in total. The van der Waals surface area contributed by atoms with Crippen molar-refractivity contribution >= 4 is 5.69 Å². The van der Waals surface area contributed by atoms with Crippen LogP contribution >= 0.6 is 0 Å². The first-order valence-corrected chi connectivity index (χ1v) is 7.01. The summed E-state index contributed by atoms with van der Waals surface area (Å²) in [6.07, 6.45) is 0. The van der Waals surface area contributed by atoms with Gasteiger partial charge in [0.25, 0.3) is 5.69 Å². The molecule has 3 rings (SSSR count). The number of nitro benzene ring substituents is 1. The molecular weight excluding hydrogens is 296 g/mol. The SMILES string of the molecule is O=[N+]([O-])c1ccc(-n2nnnc2CNCc2ccccc2)cc1. The molecule has 116 valence electrons. The van der Waals surface area contributed by atoms with Crippen LogP contribution in [-0.2, 0) is 13.1 Å². The van der Waals surface area contributed by atoms with Gasteiger partial charge >= 0.3 is 0 Å². The number of hydrogen-bond donors (Lipinski definition) is 1. The van der Waals surface area contributed by atoms with E-state index >= 15 is 0 Å². The Morgan fingerprint density at radius 3 is 2.48 bits per heavy atom. The first kappa shape index (κ1) is 14.8. The van der Waals surface area contributed by atoms with Gasteiger partial charge in [-0.3, -0.25) is 10.1 Å². The average Bonchev–Trinajstić information content (AvgIpc) is 3.04. The van der Waals surface area contributed by atoms with Crippen LogP contribution in [0.1, 0.15) is 11.4 Å². The molecule has 0 saturated carbocycles. The third-order valence-electron chi connectivity index (χ3n) is 3.29. The number of nitrogens with one attached hydrogen (secondary N) is 1. The van der Waals surface area contributed by atoms with Gasteiger partial charge in [0.05, 0.1) is 17.2 Å². The van der Waals surface area contributed by atoms with E-state index in [1.807, 2.05) is 30.3 Å². The highest BCUT2D eigenvalue weighted by molar-refractivity contribution is 5.40. The lowest BCUT2D eigenvalue weighted by Gasteiger charge is -2.06. The second kappa shape index (κ2) is 6.75. The fourth-order valence-electron chi connectivity index (χ4n) is 2.15. The summed E-state index contributed by atoms with van der Waals surface area (Å²) in [5.41, 5.74) is 1.88. The third kappa shape index (κ3) is 3.55. The lowest BCUT2D eigenvalue weighted by Crippen LogP contribution is -2.16. The lowest BCUT2D eigenvalue weighted by molar-refractivity contribution is -0.384. The van der Waals surface area contributed by atoms with Gasteiger partial charge in [0.15, 0.2) is 5.82 Å². The van der Waals surface area contributed by atoms with E-state index in [9.17, 15) is 10.1 Å². The van der Waals surface area contributed by atoms with Gasteiger partial charge in [0.1, 0.15) is 0 Å². The molecule has 0 aliphatic carbocycles. The standard InChI is InChI=1S/C15H14N6O2/c22-21(23)14-8-6-13(7-9-14)20-15(17-18-19-20)11-16-10-12-4-2-1-3-5-12/h1-9,16H,10-11H2. The van der Waals surface area contributed by atoms with Crippen LogP contribution in [0.25, 0.3) is 5.69 Å². The molecule has 0 bridgehead atoms. The van der Waals surface area contributed by atoms with Gasteiger partial charge in [0, 0.05) is 18.7 Å². The number of nitro groups is 1. The number of hydrogen-bond acceptors (Lipinski definition) is 6. The van der Waals surface area contributed by atoms with E-state index in [1.54, 1.807) is 16.8 Å². The first-order chi connectivity index (χ1) is 11.2. The lowest BCUT2D eigenvalue weighted by atomic mass is 10.2. The summed E-state index contributed by atoms with van der Waals surface area (Å²) >= 11 is 0. The van der Waals surface area contributed by atoms with Gasteiger partial charge in [-0.1, -0.05) is 30.3 Å². The topological polar surface area (TPSA) is 98.8 Å². The molecule has 0 saturated heterocycles. The van der Waals surface area contributed by atoms with Crippen LogP contribution < -0.4 is 5.32 Å². The van der Waals surface area contributed by atoms with Crippen LogP contribution in [0, 0.1) is 10.1 Å². The average molecular weight is 310 g/mol. The highest BCUT2D eigenvalue weighted by Gasteiger charge is 2.10. The second-order valence-corrected chi connectivity index (χ2v) is 4.87. The van der Waals surface area contributed by atoms with Crippen molar-refractivity contribution in [2.24, 2.45) is 0 Å². The Morgan fingerprint density at radius 1 is 1.04 bits per heavy atom. The highest BCUT2D eigenvalue weighted by atomic mass is 16.6. The number of tetrazole rings is 1. The Bertz CT molecular complexity index is 785. The van der Waals surface area contributed by atoms with E-state index in [-0.39, 0.29) is 5.69 Å². The number of non-ortho nitro benzene ring substituents is 1. The summed E-state index contributed by atoms with van der Waals surface area (Å²) in [4.78, 5) is 10.3. The molecule has 0 aliphatic rings. The van der Waals surface area contributed by atoms with Gasteiger partial charge in [-0.05, 0) is 28.1 Å². The Kier molecular flexibility index (Phi) is 4.34. The van der Waals surface area contributed by atoms with Crippen molar-refractivity contribution in [3.05, 3.63) is 76.1 Å². The van der Waals surface area contributed by atoms with Crippen LogP contribution in [0.15, 0.2) is 54.6 Å². The van der Waals surface area contributed by atoms with Crippen molar-refractivity contribution in [3.8, 4) is 5.69 Å². The van der Waals surface area contributed by atoms with Crippen LogP contribution in [0.3, 0.4) is 0 Å². The zero-order valence-electron chi connectivity index (χ0n) is 12.2. The summed E-state index contributed by atoms with van der Waals surface area (Å²) in [6.45, 7) is 1.19. The smallest absolute Gasteiger partial charge is 0.269 e. The molecule has 0 aliphatic heterocycles. The number of benzene rings is 2. The zero-order valence-corrected chi connectivity index (χ0v) is 12.2. The Hall–Kier alpha value is -3.13. The quantitative estimate of drug-likeness (QED) is 0.551. The van der Waals surface area contributed by atoms with Crippen molar-refractivity contribution in [3.63, 3.8) is 0 Å². The Labute approximate surface area is 131 Å². The van der Waals surface area contributed by atoms with Crippen molar-refractivity contribution in [2.45, 2.75) is 13.1 Å². The van der Waals surface area contributed by atoms with Gasteiger partial charge in [-0.15, -0.1) is 5.10 Å². The molecule has 0 atom stereocenters. The monoisotopic (exact) mass is 310 g/mol. The van der Waals surface area contributed by atoms with Crippen LogP contribution in [0.2, 0.25) is 0 Å². The summed E-state index contributed by atoms with van der Waals surface area (Å²) < 4.78 is 1.56. The molecule has 0 spiro atoms. The minimum Gasteiger partial charge on any atom is -0.306 e. The zero-order chi connectivity index (χ0) is 16.1. The van der Waals surface area contributed by atoms with Crippen molar-refractivity contribution < 1.29 is 4.92 Å². The second-order valence-electron chi connectivity index (χ2n) is 4.87. The third-order valence-corrected chi connectivity index (χ3v) is 3.29. The van der Waals surface area contributed by atoms with Gasteiger partial charge < -0.3 is 5.32 Å². The van der Waals surface area contributed by atoms with E-state index < -0.39 is 4.92 Å². The van der Waals surface area contributed by atoms with E-state index in [4.69, 9.17) is 0 Å². The normalized spacial score (nSPS) is 10.6. The Morgan fingerprint density at radius 2 is 1.78 bits per heavy atom. The van der Waals surface area contributed by atoms with E-state index in [2.05, 4.69) is 20.8 Å². The van der Waals surface area contributed by atoms with Crippen molar-refractivity contribution in [1.82, 2.24) is 25.5 Å². The van der Waals surface area contributed by atoms with Crippen LogP contribution in [0.4, 0.5) is 5.69 Å². The molecule has 23 heavy (non-hydrogen) atoms. The molecule has 0 unspecified atom stereocenters. The predicted molar refractivity (Wildman–Crippen MR) is 82.8 cm³/mol. The maximum absolute atomic E-state index is 10.7. The molecule has 8 heteroatoms. The molecule has 0 amide bonds. The van der Waals surface area contributed by atoms with E-state index in [1.165, 1.54) is 17.7 Å². The maximum Gasteiger partial charge on any atom is 0.269 e. The van der Waals surface area contributed by atoms with E-state index in [0.29, 0.717) is 24.6 Å². The number of rotatable bonds is 6. The highest BCUT2D eigenvalue weighted by Crippen LogP contribution is 2.15. The molecule has 0 fully saturated rings. The fraction of sp³-hybridized carbons (Fsp3) is 0.133. The van der Waals surface area contributed by atoms with Crippen LogP contribution in [0.5, 0.6) is 0 Å². The fourth-order valence-corrected chi connectivity index (χ4v) is 2.15. The van der Waals surface area contributed by atoms with Gasteiger partial charge in [-0.2, -0.15) is 4.68 Å². The molecule has 1 aromatic heterocycles. The van der Waals surface area contributed by atoms with Gasteiger partial charge in [-0.25, -0.2) is 0 Å². The van der Waals surface area contributed by atoms with E-state index in [0.717, 1.165) is 0 Å². The Balaban J connectivity index is 1.68. The molecule has 8 nitrogen and oxygen atoms in total. The summed E-state index contributed by atoms with van der Waals surface area (Å²) in [6, 6.07) is 16.1. The first-order valence-electron chi connectivity index (χ1n) is 7.01. The molecular formula is C15H14N6O2. The maximum atomic E-state index is 10.7. The summed E-state index contributed by atoms with van der Waals surface area (Å²) in [5, 5.41) is 25.6.